The van der Waals surface area contributed by atoms with Gasteiger partial charge in [0.2, 0.25) is 0 Å². The fourth-order valence-electron chi connectivity index (χ4n) is 3.60. The summed E-state index contributed by atoms with van der Waals surface area (Å²) in [5.74, 6) is 2.08. The van der Waals surface area contributed by atoms with Gasteiger partial charge in [-0.2, -0.15) is 0 Å². The summed E-state index contributed by atoms with van der Waals surface area (Å²) in [5.41, 5.74) is 1.40. The van der Waals surface area contributed by atoms with Crippen LogP contribution in [-0.2, 0) is 0 Å². The topological polar surface area (TPSA) is 36.8 Å². The molecule has 0 radical (unpaired) electrons. The van der Waals surface area contributed by atoms with Crippen LogP contribution in [0.2, 0.25) is 0 Å². The summed E-state index contributed by atoms with van der Waals surface area (Å²) in [7, 11) is 0. The predicted molar refractivity (Wildman–Crippen MR) is 105 cm³/mol. The van der Waals surface area contributed by atoms with Crippen LogP contribution in [0.15, 0.2) is 58.1 Å². The third-order valence-electron chi connectivity index (χ3n) is 4.97. The second-order valence-electron chi connectivity index (χ2n) is 7.35. The first kappa shape index (κ1) is 15.9. The Morgan fingerprint density at radius 1 is 1.08 bits per heavy atom. The Bertz CT molecular complexity index is 696. The van der Waals surface area contributed by atoms with E-state index in [2.05, 4.69) is 68.6 Å². The summed E-state index contributed by atoms with van der Waals surface area (Å²) in [6, 6.07) is 0.954. The van der Waals surface area contributed by atoms with Gasteiger partial charge in [-0.3, -0.25) is 9.98 Å². The van der Waals surface area contributed by atoms with Gasteiger partial charge in [-0.15, -0.1) is 11.8 Å². The van der Waals surface area contributed by atoms with E-state index in [1.807, 2.05) is 11.8 Å². The molecule has 4 heteroatoms. The Balaban J connectivity index is 1.40. The Kier molecular flexibility index (Phi) is 4.25. The van der Waals surface area contributed by atoms with E-state index in [1.165, 1.54) is 10.6 Å². The van der Waals surface area contributed by atoms with Crippen LogP contribution in [0.4, 0.5) is 0 Å². The molecule has 2 aliphatic heterocycles. The third-order valence-corrected chi connectivity index (χ3v) is 6.43. The van der Waals surface area contributed by atoms with Gasteiger partial charge in [-0.25, -0.2) is 0 Å². The number of allylic oxidation sites excluding steroid dienone is 4. The van der Waals surface area contributed by atoms with Crippen LogP contribution >= 0.6 is 11.8 Å². The highest BCUT2D eigenvalue weighted by Gasteiger charge is 2.32. The molecule has 2 aliphatic carbocycles. The molecule has 1 N–H and O–H groups in total. The lowest BCUT2D eigenvalue weighted by Gasteiger charge is -2.20. The quantitative estimate of drug-likeness (QED) is 0.843. The van der Waals surface area contributed by atoms with E-state index in [0.29, 0.717) is 29.2 Å². The van der Waals surface area contributed by atoms with Crippen molar-refractivity contribution in [2.45, 2.75) is 50.6 Å². The molecular weight excluding hydrogens is 314 g/mol. The maximum Gasteiger partial charge on any atom is 0.100 e. The normalized spacial score (nSPS) is 34.4. The van der Waals surface area contributed by atoms with Crippen LogP contribution in [-0.4, -0.2) is 34.3 Å². The van der Waals surface area contributed by atoms with Crippen molar-refractivity contribution in [2.24, 2.45) is 21.8 Å². The summed E-state index contributed by atoms with van der Waals surface area (Å²) < 4.78 is 0. The highest BCUT2D eigenvalue weighted by atomic mass is 32.2. The first-order chi connectivity index (χ1) is 11.6. The highest BCUT2D eigenvalue weighted by molar-refractivity contribution is 8.15. The standard InChI is InChI=1S/C20H25N3S/c1-12(2)19-21-15-9-8-14(11-17(15)22-19)10-13(3)20-23-16-6-4-5-7-18(16)24-20/h4-9,11-13,15-18H,10H2,1-3H3,(H,21,22). The molecule has 0 aromatic rings. The van der Waals surface area contributed by atoms with Gasteiger partial charge >= 0.3 is 0 Å². The van der Waals surface area contributed by atoms with Gasteiger partial charge in [-0.05, 0) is 12.0 Å². The highest BCUT2D eigenvalue weighted by Crippen LogP contribution is 2.36. The minimum Gasteiger partial charge on any atom is -0.365 e. The molecule has 2 heterocycles. The molecule has 0 aromatic heterocycles. The molecule has 4 aliphatic rings. The molecule has 5 unspecified atom stereocenters. The third kappa shape index (κ3) is 3.04. The van der Waals surface area contributed by atoms with Crippen molar-refractivity contribution in [1.82, 2.24) is 5.32 Å². The summed E-state index contributed by atoms with van der Waals surface area (Å²) in [6.07, 6.45) is 16.7. The minimum absolute atomic E-state index is 0.276. The van der Waals surface area contributed by atoms with Crippen LogP contribution in [0.25, 0.3) is 0 Å². The van der Waals surface area contributed by atoms with E-state index >= 15 is 0 Å². The van der Waals surface area contributed by atoms with Crippen LogP contribution in [0.1, 0.15) is 27.2 Å². The van der Waals surface area contributed by atoms with Crippen molar-refractivity contribution < 1.29 is 0 Å². The Morgan fingerprint density at radius 2 is 1.92 bits per heavy atom. The zero-order valence-electron chi connectivity index (χ0n) is 14.5. The molecule has 4 rings (SSSR count). The van der Waals surface area contributed by atoms with Crippen molar-refractivity contribution in [3.63, 3.8) is 0 Å². The lowest BCUT2D eigenvalue weighted by Crippen LogP contribution is -2.35. The molecule has 5 atom stereocenters. The number of thioether (sulfide) groups is 1. The maximum absolute atomic E-state index is 4.93. The van der Waals surface area contributed by atoms with E-state index < -0.39 is 0 Å². The SMILES string of the molecule is CC(C)C1=NC2C=CC(CC(C)C3=NC4C=CC=CC4S3)=CC2N1. The van der Waals surface area contributed by atoms with Gasteiger partial charge < -0.3 is 5.32 Å². The molecule has 0 fully saturated rings. The molecule has 0 saturated heterocycles. The predicted octanol–water partition coefficient (Wildman–Crippen LogP) is 3.91. The lowest BCUT2D eigenvalue weighted by atomic mass is 9.93. The van der Waals surface area contributed by atoms with E-state index in [1.54, 1.807) is 0 Å². The summed E-state index contributed by atoms with van der Waals surface area (Å²) in [4.78, 5) is 9.71. The van der Waals surface area contributed by atoms with Gasteiger partial charge in [0.05, 0.1) is 28.4 Å². The minimum atomic E-state index is 0.276. The number of hydrogen-bond donors (Lipinski definition) is 1. The number of nitrogens with one attached hydrogen (secondary N) is 1. The van der Waals surface area contributed by atoms with E-state index in [4.69, 9.17) is 9.98 Å². The van der Waals surface area contributed by atoms with Gasteiger partial charge in [0, 0.05) is 11.8 Å². The molecule has 0 aromatic carbocycles. The Labute approximate surface area is 148 Å². The van der Waals surface area contributed by atoms with Crippen molar-refractivity contribution >= 4 is 22.6 Å². The number of amidine groups is 1. The van der Waals surface area contributed by atoms with Crippen LogP contribution < -0.4 is 5.32 Å². The second-order valence-corrected chi connectivity index (χ2v) is 8.54. The molecule has 0 spiro atoms. The Morgan fingerprint density at radius 3 is 2.71 bits per heavy atom. The van der Waals surface area contributed by atoms with Crippen molar-refractivity contribution in [3.05, 3.63) is 48.1 Å². The molecule has 24 heavy (non-hydrogen) atoms. The first-order valence-electron chi connectivity index (χ1n) is 8.92. The Hall–Kier alpha value is -1.55. The van der Waals surface area contributed by atoms with Crippen LogP contribution in [0.5, 0.6) is 0 Å². The van der Waals surface area contributed by atoms with Crippen LogP contribution in [0.3, 0.4) is 0 Å². The summed E-state index contributed by atoms with van der Waals surface area (Å²) >= 11 is 1.94. The summed E-state index contributed by atoms with van der Waals surface area (Å²) in [5, 5.41) is 5.38. The van der Waals surface area contributed by atoms with Gasteiger partial charge in [-0.1, -0.05) is 63.3 Å². The molecule has 0 saturated carbocycles. The fourth-order valence-corrected chi connectivity index (χ4v) is 4.84. The number of hydrogen-bond acceptors (Lipinski definition) is 4. The number of fused-ring (bicyclic) bond motifs is 2. The van der Waals surface area contributed by atoms with Gasteiger partial charge in [0.25, 0.3) is 0 Å². The number of aliphatic imine (C=N–C) groups is 2. The first-order valence-corrected chi connectivity index (χ1v) is 9.80. The zero-order valence-corrected chi connectivity index (χ0v) is 15.3. The molecule has 0 bridgehead atoms. The van der Waals surface area contributed by atoms with Gasteiger partial charge in [0.1, 0.15) is 5.84 Å². The zero-order chi connectivity index (χ0) is 16.7. The molecule has 3 nitrogen and oxygen atoms in total. The second kappa shape index (κ2) is 6.40. The maximum atomic E-state index is 4.93. The smallest absolute Gasteiger partial charge is 0.100 e. The monoisotopic (exact) mass is 339 g/mol. The lowest BCUT2D eigenvalue weighted by molar-refractivity contribution is 0.668. The number of rotatable bonds is 4. The average molecular weight is 340 g/mol. The average Bonchev–Trinajstić information content (AvgIpc) is 3.18. The van der Waals surface area contributed by atoms with E-state index in [-0.39, 0.29) is 6.04 Å². The van der Waals surface area contributed by atoms with E-state index in [0.717, 1.165) is 12.3 Å². The van der Waals surface area contributed by atoms with Crippen molar-refractivity contribution in [2.75, 3.05) is 0 Å². The van der Waals surface area contributed by atoms with Crippen molar-refractivity contribution in [1.29, 1.82) is 0 Å². The van der Waals surface area contributed by atoms with Gasteiger partial charge in [0.15, 0.2) is 0 Å². The molecule has 0 amide bonds. The largest absolute Gasteiger partial charge is 0.365 e. The van der Waals surface area contributed by atoms with Crippen molar-refractivity contribution in [3.8, 4) is 0 Å². The summed E-state index contributed by atoms with van der Waals surface area (Å²) in [6.45, 7) is 6.68. The van der Waals surface area contributed by atoms with Crippen LogP contribution in [0, 0.1) is 11.8 Å². The number of nitrogens with zero attached hydrogens (tertiary/aromatic N) is 2. The fraction of sp³-hybridized carbons (Fsp3) is 0.500. The molecular formula is C20H25N3S. The molecule has 126 valence electrons. The van der Waals surface area contributed by atoms with E-state index in [9.17, 15) is 0 Å².